The number of nitrogen functional groups attached to an aromatic ring is 1. The van der Waals surface area contributed by atoms with E-state index < -0.39 is 11.5 Å². The van der Waals surface area contributed by atoms with Crippen LogP contribution in [-0.4, -0.2) is 48.1 Å². The Labute approximate surface area is 161 Å². The summed E-state index contributed by atoms with van der Waals surface area (Å²) in [7, 11) is 1.61. The highest BCUT2D eigenvalue weighted by atomic mass is 16.7. The highest BCUT2D eigenvalue weighted by Gasteiger charge is 2.41. The van der Waals surface area contributed by atoms with Gasteiger partial charge in [-0.3, -0.25) is 0 Å². The Morgan fingerprint density at radius 2 is 2.18 bits per heavy atom. The molecule has 0 radical (unpaired) electrons. The van der Waals surface area contributed by atoms with Crippen molar-refractivity contribution in [2.45, 2.75) is 25.4 Å². The first-order valence-corrected chi connectivity index (χ1v) is 8.86. The third-order valence-corrected chi connectivity index (χ3v) is 4.99. The molecular weight excluding hydrogens is 362 g/mol. The van der Waals surface area contributed by atoms with E-state index in [0.717, 1.165) is 22.4 Å². The average Bonchev–Trinajstić information content (AvgIpc) is 3.08. The standard InChI is InChI=1S/C19H21N5O4/c1-19(2)14-15(22-9-23-17(14)20)12-5-4-10(26-3)6-13(12)16(19)24-27-8-11-7-21-18(25)28-11/h4-6,9,11H,7-8H2,1-3H3,(H,21,25)(H2,20,22,23)/b24-16+/t11-/m1/s1. The number of fused-ring (bicyclic) bond motifs is 3. The van der Waals surface area contributed by atoms with Crippen molar-refractivity contribution in [3.05, 3.63) is 35.7 Å². The summed E-state index contributed by atoms with van der Waals surface area (Å²) in [6.45, 7) is 4.52. The lowest BCUT2D eigenvalue weighted by Crippen LogP contribution is -2.36. The summed E-state index contributed by atoms with van der Waals surface area (Å²) in [6.07, 6.45) is 0.625. The van der Waals surface area contributed by atoms with Crippen molar-refractivity contribution >= 4 is 17.6 Å². The van der Waals surface area contributed by atoms with Crippen LogP contribution in [-0.2, 0) is 15.0 Å². The Balaban J connectivity index is 1.78. The van der Waals surface area contributed by atoms with Crippen LogP contribution in [0, 0.1) is 0 Å². The van der Waals surface area contributed by atoms with E-state index in [1.165, 1.54) is 6.33 Å². The first-order valence-electron chi connectivity index (χ1n) is 8.86. The molecule has 3 N–H and O–H groups in total. The van der Waals surface area contributed by atoms with Gasteiger partial charge >= 0.3 is 6.09 Å². The Morgan fingerprint density at radius 3 is 2.89 bits per heavy atom. The zero-order valence-electron chi connectivity index (χ0n) is 15.9. The minimum atomic E-state index is -0.607. The normalized spacial score (nSPS) is 20.8. The van der Waals surface area contributed by atoms with Gasteiger partial charge in [0.2, 0.25) is 0 Å². The molecule has 28 heavy (non-hydrogen) atoms. The van der Waals surface area contributed by atoms with E-state index in [2.05, 4.69) is 20.4 Å². The van der Waals surface area contributed by atoms with Gasteiger partial charge in [-0.1, -0.05) is 5.16 Å². The summed E-state index contributed by atoms with van der Waals surface area (Å²) in [5.74, 6) is 1.10. The summed E-state index contributed by atoms with van der Waals surface area (Å²) >= 11 is 0. The number of hydrogen-bond acceptors (Lipinski definition) is 8. The van der Waals surface area contributed by atoms with Crippen LogP contribution in [0.5, 0.6) is 5.75 Å². The van der Waals surface area contributed by atoms with Crippen molar-refractivity contribution in [2.75, 3.05) is 26.0 Å². The second kappa shape index (κ2) is 6.66. The van der Waals surface area contributed by atoms with Crippen molar-refractivity contribution in [1.82, 2.24) is 15.3 Å². The monoisotopic (exact) mass is 383 g/mol. The van der Waals surface area contributed by atoms with E-state index in [0.29, 0.717) is 23.8 Å². The molecule has 1 aromatic carbocycles. The van der Waals surface area contributed by atoms with Crippen LogP contribution < -0.4 is 15.8 Å². The molecule has 1 fully saturated rings. The van der Waals surface area contributed by atoms with E-state index in [-0.39, 0.29) is 12.7 Å². The van der Waals surface area contributed by atoms with Gasteiger partial charge < -0.3 is 25.4 Å². The van der Waals surface area contributed by atoms with Gasteiger partial charge in [0.05, 0.1) is 25.1 Å². The number of cyclic esters (lactones) is 1. The molecule has 2 aliphatic rings. The third kappa shape index (κ3) is 2.88. The zero-order valence-corrected chi connectivity index (χ0v) is 15.9. The minimum absolute atomic E-state index is 0.144. The van der Waals surface area contributed by atoms with E-state index >= 15 is 0 Å². The molecule has 1 aliphatic carbocycles. The molecule has 0 saturated carbocycles. The maximum Gasteiger partial charge on any atom is 0.407 e. The highest BCUT2D eigenvalue weighted by Crippen LogP contribution is 2.45. The van der Waals surface area contributed by atoms with E-state index in [4.69, 9.17) is 20.0 Å². The molecule has 0 bridgehead atoms. The van der Waals surface area contributed by atoms with Crippen molar-refractivity contribution < 1.29 is 19.1 Å². The number of benzene rings is 1. The first kappa shape index (κ1) is 18.0. The fourth-order valence-corrected chi connectivity index (χ4v) is 3.60. The molecule has 1 atom stereocenters. The number of aromatic nitrogens is 2. The van der Waals surface area contributed by atoms with Gasteiger partial charge in [-0.15, -0.1) is 0 Å². The Morgan fingerprint density at radius 1 is 1.36 bits per heavy atom. The number of alkyl carbamates (subject to hydrolysis) is 1. The second-order valence-electron chi connectivity index (χ2n) is 7.16. The van der Waals surface area contributed by atoms with Crippen molar-refractivity contribution in [2.24, 2.45) is 5.16 Å². The van der Waals surface area contributed by atoms with Crippen LogP contribution >= 0.6 is 0 Å². The molecule has 0 spiro atoms. The quantitative estimate of drug-likeness (QED) is 0.773. The zero-order chi connectivity index (χ0) is 19.9. The number of nitrogens with zero attached hydrogens (tertiary/aromatic N) is 3. The maximum atomic E-state index is 11.2. The molecule has 1 aliphatic heterocycles. The fourth-order valence-electron chi connectivity index (χ4n) is 3.60. The van der Waals surface area contributed by atoms with Gasteiger partial charge in [0.15, 0.2) is 12.7 Å². The second-order valence-corrected chi connectivity index (χ2v) is 7.16. The Bertz CT molecular complexity index is 973. The van der Waals surface area contributed by atoms with Gasteiger partial charge in [0, 0.05) is 22.1 Å². The lowest BCUT2D eigenvalue weighted by molar-refractivity contribution is 0.0487. The van der Waals surface area contributed by atoms with E-state index in [9.17, 15) is 4.79 Å². The van der Waals surface area contributed by atoms with Crippen LogP contribution in [0.25, 0.3) is 11.3 Å². The van der Waals surface area contributed by atoms with Crippen LogP contribution in [0.1, 0.15) is 25.0 Å². The molecule has 1 saturated heterocycles. The summed E-state index contributed by atoms with van der Waals surface area (Å²) in [4.78, 5) is 25.4. The molecule has 0 unspecified atom stereocenters. The predicted molar refractivity (Wildman–Crippen MR) is 102 cm³/mol. The number of nitrogens with two attached hydrogens (primary N) is 1. The van der Waals surface area contributed by atoms with Crippen LogP contribution in [0.3, 0.4) is 0 Å². The number of hydrogen-bond donors (Lipinski definition) is 2. The first-order chi connectivity index (χ1) is 13.4. The third-order valence-electron chi connectivity index (χ3n) is 4.99. The number of ether oxygens (including phenoxy) is 2. The maximum absolute atomic E-state index is 11.2. The van der Waals surface area contributed by atoms with Gasteiger partial charge in [-0.2, -0.15) is 0 Å². The molecule has 146 valence electrons. The molecule has 9 heteroatoms. The number of amides is 1. The molecule has 2 aromatic rings. The predicted octanol–water partition coefficient (Wildman–Crippen LogP) is 1.85. The number of methoxy groups -OCH3 is 1. The molecule has 1 amide bonds. The summed E-state index contributed by atoms with van der Waals surface area (Å²) < 4.78 is 10.5. The van der Waals surface area contributed by atoms with Gasteiger partial charge in [0.1, 0.15) is 17.9 Å². The van der Waals surface area contributed by atoms with Gasteiger partial charge in [-0.05, 0) is 32.0 Å². The molecule has 1 aromatic heterocycles. The van der Waals surface area contributed by atoms with Crippen molar-refractivity contribution in [1.29, 1.82) is 0 Å². The van der Waals surface area contributed by atoms with E-state index in [1.54, 1.807) is 7.11 Å². The molecular formula is C19H21N5O4. The topological polar surface area (TPSA) is 121 Å². The van der Waals surface area contributed by atoms with Crippen LogP contribution in [0.2, 0.25) is 0 Å². The van der Waals surface area contributed by atoms with Gasteiger partial charge in [-0.25, -0.2) is 14.8 Å². The average molecular weight is 383 g/mol. The largest absolute Gasteiger partial charge is 0.497 e. The highest BCUT2D eigenvalue weighted by molar-refractivity contribution is 6.15. The SMILES string of the molecule is COc1ccc2c(c1)/C(=N\OC[C@H]1CNC(=O)O1)C(C)(C)c1c(N)ncnc1-2. The van der Waals surface area contributed by atoms with Crippen molar-refractivity contribution in [3.63, 3.8) is 0 Å². The van der Waals surface area contributed by atoms with Crippen LogP contribution in [0.4, 0.5) is 10.6 Å². The van der Waals surface area contributed by atoms with E-state index in [1.807, 2.05) is 32.0 Å². The Hall–Kier alpha value is -3.36. The fraction of sp³-hybridized carbons (Fsp3) is 0.368. The Kier molecular flexibility index (Phi) is 4.29. The molecule has 9 nitrogen and oxygen atoms in total. The van der Waals surface area contributed by atoms with Gasteiger partial charge in [0.25, 0.3) is 0 Å². The summed E-state index contributed by atoms with van der Waals surface area (Å²) in [5, 5.41) is 7.00. The minimum Gasteiger partial charge on any atom is -0.497 e. The lowest BCUT2D eigenvalue weighted by Gasteiger charge is -2.34. The number of carbonyl (C=O) groups excluding carboxylic acids is 1. The van der Waals surface area contributed by atoms with Crippen LogP contribution in [0.15, 0.2) is 29.7 Å². The number of anilines is 1. The van der Waals surface area contributed by atoms with Crippen molar-refractivity contribution in [3.8, 4) is 17.0 Å². The number of rotatable bonds is 4. The smallest absolute Gasteiger partial charge is 0.407 e. The summed E-state index contributed by atoms with van der Waals surface area (Å²) in [6, 6.07) is 5.69. The molecule has 2 heterocycles. The number of carbonyl (C=O) groups is 1. The summed E-state index contributed by atoms with van der Waals surface area (Å²) in [5.41, 5.74) is 9.55. The number of nitrogens with one attached hydrogen (secondary N) is 1. The lowest BCUT2D eigenvalue weighted by atomic mass is 9.70. The molecule has 4 rings (SSSR count). The number of oxime groups is 1.